The van der Waals surface area contributed by atoms with Crippen LogP contribution in [0.1, 0.15) is 17.9 Å². The van der Waals surface area contributed by atoms with E-state index in [1.54, 1.807) is 0 Å². The number of anilines is 3. The van der Waals surface area contributed by atoms with Crippen LogP contribution in [0.15, 0.2) is 237 Å². The average molecular weight is 791 g/mol. The SMILES string of the molecule is C1=CC(c2ccc(N(c3ccc(-c4ccccc4)cc3)c3ccc(-c4ccccc4)cc3)cc2)CC=C1n1c2ccccc2c2c3c4ccccc4ccc3c3ccccc3c21. The van der Waals surface area contributed by atoms with E-state index in [-0.39, 0.29) is 5.92 Å². The zero-order valence-electron chi connectivity index (χ0n) is 34.2. The number of allylic oxidation sites excluding steroid dienone is 4. The van der Waals surface area contributed by atoms with E-state index in [1.165, 1.54) is 87.6 Å². The molecule has 1 aliphatic rings. The fraction of sp³-hybridized carbons (Fsp3) is 0.0333. The fourth-order valence-corrected chi connectivity index (χ4v) is 9.91. The van der Waals surface area contributed by atoms with E-state index in [2.05, 4.69) is 246 Å². The summed E-state index contributed by atoms with van der Waals surface area (Å²) in [4.78, 5) is 2.36. The molecule has 0 fully saturated rings. The van der Waals surface area contributed by atoms with E-state index < -0.39 is 0 Å². The zero-order valence-corrected chi connectivity index (χ0v) is 34.2. The molecule has 1 unspecified atom stereocenters. The molecule has 0 radical (unpaired) electrons. The molecule has 0 spiro atoms. The van der Waals surface area contributed by atoms with Crippen molar-refractivity contribution in [3.8, 4) is 22.3 Å². The van der Waals surface area contributed by atoms with Crippen LogP contribution in [0.2, 0.25) is 0 Å². The summed E-state index contributed by atoms with van der Waals surface area (Å²) in [6, 6.07) is 79.6. The lowest BCUT2D eigenvalue weighted by atomic mass is 9.91. The maximum atomic E-state index is 2.52. The van der Waals surface area contributed by atoms with Crippen molar-refractivity contribution in [2.24, 2.45) is 0 Å². The van der Waals surface area contributed by atoms with Gasteiger partial charge in [0.05, 0.1) is 11.0 Å². The molecule has 1 aliphatic carbocycles. The van der Waals surface area contributed by atoms with Gasteiger partial charge in [-0.25, -0.2) is 0 Å². The minimum absolute atomic E-state index is 0.270. The van der Waals surface area contributed by atoms with Crippen molar-refractivity contribution in [3.63, 3.8) is 0 Å². The molecule has 2 nitrogen and oxygen atoms in total. The van der Waals surface area contributed by atoms with Crippen molar-refractivity contribution < 1.29 is 0 Å². The van der Waals surface area contributed by atoms with Gasteiger partial charge in [0.25, 0.3) is 0 Å². The molecular weight excluding hydrogens is 749 g/mol. The standard InChI is InChI=1S/C60H42N2/c1-3-13-41(14-4-1)43-23-32-48(33-24-43)61(49-34-25-44(26-35-49)42-15-5-2-6-16-42)50-36-27-45(28-37-50)46-29-38-51(39-30-46)62-57-22-12-11-21-56(57)59-58-52-18-8-7-17-47(52)31-40-54(58)53-19-9-10-20-55(53)60(59)62/h1-29,31-40,46H,30H2. The van der Waals surface area contributed by atoms with Crippen molar-refractivity contribution in [3.05, 3.63) is 242 Å². The number of aromatic nitrogens is 1. The predicted octanol–water partition coefficient (Wildman–Crippen LogP) is 16.6. The second kappa shape index (κ2) is 15.0. The predicted molar refractivity (Wildman–Crippen MR) is 265 cm³/mol. The Morgan fingerprint density at radius 1 is 0.387 bits per heavy atom. The van der Waals surface area contributed by atoms with Crippen molar-refractivity contribution in [2.75, 3.05) is 4.90 Å². The Hall–Kier alpha value is -7.94. The van der Waals surface area contributed by atoms with Gasteiger partial charge < -0.3 is 9.47 Å². The number of nitrogens with zero attached hydrogens (tertiary/aromatic N) is 2. The van der Waals surface area contributed by atoms with Gasteiger partial charge in [-0.2, -0.15) is 0 Å². The van der Waals surface area contributed by atoms with Crippen LogP contribution in [-0.2, 0) is 0 Å². The van der Waals surface area contributed by atoms with Crippen LogP contribution >= 0.6 is 0 Å². The molecule has 12 rings (SSSR count). The van der Waals surface area contributed by atoms with E-state index in [0.717, 1.165) is 23.5 Å². The summed E-state index contributed by atoms with van der Waals surface area (Å²) in [5.41, 5.74) is 13.3. The normalized spacial score (nSPS) is 13.9. The van der Waals surface area contributed by atoms with Gasteiger partial charge in [0.1, 0.15) is 0 Å². The average Bonchev–Trinajstić information content (AvgIpc) is 3.71. The van der Waals surface area contributed by atoms with E-state index >= 15 is 0 Å². The van der Waals surface area contributed by atoms with Gasteiger partial charge in [0.2, 0.25) is 0 Å². The Bertz CT molecular complexity index is 3420. The third kappa shape index (κ3) is 6.03. The van der Waals surface area contributed by atoms with Crippen LogP contribution < -0.4 is 4.90 Å². The molecule has 1 atom stereocenters. The number of hydrogen-bond acceptors (Lipinski definition) is 1. The highest BCUT2D eigenvalue weighted by Gasteiger charge is 2.22. The molecule has 1 aromatic heterocycles. The number of para-hydroxylation sites is 1. The molecule has 0 saturated carbocycles. The largest absolute Gasteiger partial charge is 0.311 e. The lowest BCUT2D eigenvalue weighted by Gasteiger charge is -2.27. The van der Waals surface area contributed by atoms with Gasteiger partial charge in [0.15, 0.2) is 0 Å². The summed E-state index contributed by atoms with van der Waals surface area (Å²) in [6.45, 7) is 0. The van der Waals surface area contributed by atoms with Gasteiger partial charge in [-0.3, -0.25) is 0 Å². The number of benzene rings is 10. The van der Waals surface area contributed by atoms with Gasteiger partial charge in [-0.15, -0.1) is 0 Å². The highest BCUT2D eigenvalue weighted by Crippen LogP contribution is 2.46. The molecule has 10 aromatic carbocycles. The fourth-order valence-electron chi connectivity index (χ4n) is 9.91. The van der Waals surface area contributed by atoms with Crippen LogP contribution in [0.4, 0.5) is 17.1 Å². The minimum Gasteiger partial charge on any atom is -0.311 e. The van der Waals surface area contributed by atoms with Gasteiger partial charge in [0, 0.05) is 50.2 Å². The molecule has 0 N–H and O–H groups in total. The smallest absolute Gasteiger partial charge is 0.0626 e. The quantitative estimate of drug-likeness (QED) is 0.146. The molecule has 0 amide bonds. The Morgan fingerprint density at radius 2 is 0.903 bits per heavy atom. The summed E-state index contributed by atoms with van der Waals surface area (Å²) in [5, 5.41) is 10.4. The highest BCUT2D eigenvalue weighted by atomic mass is 15.1. The summed E-state index contributed by atoms with van der Waals surface area (Å²) < 4.78 is 2.52. The maximum absolute atomic E-state index is 2.52. The first-order chi connectivity index (χ1) is 30.8. The second-order valence-corrected chi connectivity index (χ2v) is 16.4. The molecule has 1 heterocycles. The van der Waals surface area contributed by atoms with Crippen molar-refractivity contribution in [1.82, 2.24) is 4.57 Å². The number of hydrogen-bond donors (Lipinski definition) is 0. The lowest BCUT2D eigenvalue weighted by Crippen LogP contribution is -2.10. The third-order valence-electron chi connectivity index (χ3n) is 12.9. The first kappa shape index (κ1) is 36.0. The monoisotopic (exact) mass is 790 g/mol. The van der Waals surface area contributed by atoms with Crippen LogP contribution in [0.3, 0.4) is 0 Å². The Labute approximate surface area is 361 Å². The van der Waals surface area contributed by atoms with E-state index in [4.69, 9.17) is 0 Å². The molecule has 62 heavy (non-hydrogen) atoms. The van der Waals surface area contributed by atoms with E-state index in [9.17, 15) is 0 Å². The van der Waals surface area contributed by atoms with Crippen LogP contribution in [0, 0.1) is 0 Å². The number of fused-ring (bicyclic) bond motifs is 10. The highest BCUT2D eigenvalue weighted by molar-refractivity contribution is 6.37. The molecule has 0 saturated heterocycles. The zero-order chi connectivity index (χ0) is 41.0. The van der Waals surface area contributed by atoms with Crippen LogP contribution in [0.25, 0.3) is 82.1 Å². The summed E-state index contributed by atoms with van der Waals surface area (Å²) >= 11 is 0. The second-order valence-electron chi connectivity index (χ2n) is 16.4. The summed E-state index contributed by atoms with van der Waals surface area (Å²) in [6.07, 6.45) is 8.12. The maximum Gasteiger partial charge on any atom is 0.0626 e. The van der Waals surface area contributed by atoms with E-state index in [0.29, 0.717) is 0 Å². The van der Waals surface area contributed by atoms with Crippen molar-refractivity contribution >= 4 is 76.9 Å². The van der Waals surface area contributed by atoms with Crippen molar-refractivity contribution in [1.29, 1.82) is 0 Å². The molecule has 0 aliphatic heterocycles. The molecular formula is C60H42N2. The molecule has 0 bridgehead atoms. The van der Waals surface area contributed by atoms with Gasteiger partial charge in [-0.1, -0.05) is 188 Å². The lowest BCUT2D eigenvalue weighted by molar-refractivity contribution is 0.850. The third-order valence-corrected chi connectivity index (χ3v) is 12.9. The summed E-state index contributed by atoms with van der Waals surface area (Å²) in [5.74, 6) is 0.270. The Morgan fingerprint density at radius 3 is 1.52 bits per heavy atom. The van der Waals surface area contributed by atoms with Crippen molar-refractivity contribution in [2.45, 2.75) is 12.3 Å². The first-order valence-electron chi connectivity index (χ1n) is 21.6. The van der Waals surface area contributed by atoms with Crippen LogP contribution in [-0.4, -0.2) is 4.57 Å². The van der Waals surface area contributed by atoms with E-state index in [1.807, 2.05) is 0 Å². The topological polar surface area (TPSA) is 8.17 Å². The first-order valence-corrected chi connectivity index (χ1v) is 21.6. The molecule has 2 heteroatoms. The summed E-state index contributed by atoms with van der Waals surface area (Å²) in [7, 11) is 0. The molecule has 11 aromatic rings. The molecule has 292 valence electrons. The Kier molecular flexibility index (Phi) is 8.67. The van der Waals surface area contributed by atoms with Gasteiger partial charge >= 0.3 is 0 Å². The van der Waals surface area contributed by atoms with Crippen LogP contribution in [0.5, 0.6) is 0 Å². The number of rotatable bonds is 7. The minimum atomic E-state index is 0.270. The Balaban J connectivity index is 0.909. The van der Waals surface area contributed by atoms with Gasteiger partial charge in [-0.05, 0) is 104 Å².